The summed E-state index contributed by atoms with van der Waals surface area (Å²) in [5.74, 6) is 0.539. The Bertz CT molecular complexity index is 337. The van der Waals surface area contributed by atoms with E-state index < -0.39 is 6.10 Å². The van der Waals surface area contributed by atoms with Gasteiger partial charge in [0, 0.05) is 18.3 Å². The van der Waals surface area contributed by atoms with Crippen LogP contribution in [0.2, 0.25) is 0 Å². The summed E-state index contributed by atoms with van der Waals surface area (Å²) in [5.41, 5.74) is 2.30. The highest BCUT2D eigenvalue weighted by atomic mass is 32.2. The molecule has 0 aliphatic heterocycles. The predicted molar refractivity (Wildman–Crippen MR) is 81.3 cm³/mol. The van der Waals surface area contributed by atoms with E-state index in [2.05, 4.69) is 44.5 Å². The van der Waals surface area contributed by atoms with Crippen molar-refractivity contribution in [2.45, 2.75) is 38.0 Å². The van der Waals surface area contributed by atoms with Gasteiger partial charge in [0.2, 0.25) is 0 Å². The molecule has 0 aliphatic carbocycles. The summed E-state index contributed by atoms with van der Waals surface area (Å²) in [4.78, 5) is 0. The topological polar surface area (TPSA) is 32.3 Å². The van der Waals surface area contributed by atoms with E-state index in [1.165, 1.54) is 5.56 Å². The molecule has 0 heterocycles. The standard InChI is InChI=1S/C15H25NOS/c1-11(2)13-5-7-14(8-6-13)15(17)10-16-9-12(3)18-4/h5-8,11-12,15-17H,9-10H2,1-4H3. The first-order valence-corrected chi connectivity index (χ1v) is 7.84. The second kappa shape index (κ2) is 7.82. The lowest BCUT2D eigenvalue weighted by molar-refractivity contribution is 0.175. The maximum Gasteiger partial charge on any atom is 0.0914 e. The molecular formula is C15H25NOS. The normalized spacial score (nSPS) is 14.8. The highest BCUT2D eigenvalue weighted by molar-refractivity contribution is 7.99. The van der Waals surface area contributed by atoms with Gasteiger partial charge < -0.3 is 10.4 Å². The van der Waals surface area contributed by atoms with Crippen molar-refractivity contribution in [1.82, 2.24) is 5.32 Å². The van der Waals surface area contributed by atoms with Crippen LogP contribution in [0.1, 0.15) is 43.9 Å². The maximum absolute atomic E-state index is 10.1. The molecule has 0 amide bonds. The third-order valence-electron chi connectivity index (χ3n) is 3.16. The maximum atomic E-state index is 10.1. The number of aliphatic hydroxyl groups is 1. The van der Waals surface area contributed by atoms with Crippen molar-refractivity contribution in [1.29, 1.82) is 0 Å². The summed E-state index contributed by atoms with van der Waals surface area (Å²) in [7, 11) is 0. The molecule has 1 aromatic rings. The summed E-state index contributed by atoms with van der Waals surface area (Å²) in [6.07, 6.45) is 1.69. The minimum absolute atomic E-state index is 0.416. The SMILES string of the molecule is CSC(C)CNCC(O)c1ccc(C(C)C)cc1. The third kappa shape index (κ3) is 5.01. The Labute approximate surface area is 115 Å². The van der Waals surface area contributed by atoms with E-state index in [0.717, 1.165) is 12.1 Å². The van der Waals surface area contributed by atoms with Crippen LogP contribution in [0.4, 0.5) is 0 Å². The Morgan fingerprint density at radius 3 is 2.11 bits per heavy atom. The van der Waals surface area contributed by atoms with Crippen molar-refractivity contribution < 1.29 is 5.11 Å². The molecule has 0 bridgehead atoms. The van der Waals surface area contributed by atoms with Crippen LogP contribution in [0.25, 0.3) is 0 Å². The molecule has 2 nitrogen and oxygen atoms in total. The minimum atomic E-state index is -0.416. The van der Waals surface area contributed by atoms with Crippen molar-refractivity contribution >= 4 is 11.8 Å². The van der Waals surface area contributed by atoms with Gasteiger partial charge in [-0.15, -0.1) is 0 Å². The van der Waals surface area contributed by atoms with Gasteiger partial charge in [0.1, 0.15) is 0 Å². The molecule has 0 saturated heterocycles. The zero-order chi connectivity index (χ0) is 13.5. The second-order valence-corrected chi connectivity index (χ2v) is 6.32. The Morgan fingerprint density at radius 1 is 1.06 bits per heavy atom. The summed E-state index contributed by atoms with van der Waals surface area (Å²) in [6, 6.07) is 8.26. The number of benzene rings is 1. The number of aliphatic hydroxyl groups excluding tert-OH is 1. The molecular weight excluding hydrogens is 242 g/mol. The lowest BCUT2D eigenvalue weighted by Crippen LogP contribution is -2.27. The number of rotatable bonds is 7. The Balaban J connectivity index is 2.44. The molecule has 2 N–H and O–H groups in total. The highest BCUT2D eigenvalue weighted by Crippen LogP contribution is 2.18. The van der Waals surface area contributed by atoms with Crippen LogP contribution in [0.15, 0.2) is 24.3 Å². The van der Waals surface area contributed by atoms with E-state index in [1.807, 2.05) is 23.9 Å². The van der Waals surface area contributed by atoms with Gasteiger partial charge >= 0.3 is 0 Å². The minimum Gasteiger partial charge on any atom is -0.387 e. The van der Waals surface area contributed by atoms with Crippen molar-refractivity contribution in [3.8, 4) is 0 Å². The van der Waals surface area contributed by atoms with E-state index in [1.54, 1.807) is 0 Å². The van der Waals surface area contributed by atoms with Crippen molar-refractivity contribution in [3.63, 3.8) is 0 Å². The van der Waals surface area contributed by atoms with E-state index >= 15 is 0 Å². The third-order valence-corrected chi connectivity index (χ3v) is 4.13. The molecule has 18 heavy (non-hydrogen) atoms. The number of hydrogen-bond donors (Lipinski definition) is 2. The molecule has 0 spiro atoms. The first-order chi connectivity index (χ1) is 8.54. The van der Waals surface area contributed by atoms with E-state index in [9.17, 15) is 5.11 Å². The lowest BCUT2D eigenvalue weighted by Gasteiger charge is -2.15. The Hall–Kier alpha value is -0.510. The van der Waals surface area contributed by atoms with Crippen LogP contribution in [-0.2, 0) is 0 Å². The highest BCUT2D eigenvalue weighted by Gasteiger charge is 2.08. The molecule has 0 saturated carbocycles. The van der Waals surface area contributed by atoms with Crippen molar-refractivity contribution in [2.75, 3.05) is 19.3 Å². The molecule has 1 rings (SSSR count). The molecule has 0 aromatic heterocycles. The van der Waals surface area contributed by atoms with Gasteiger partial charge in [0.25, 0.3) is 0 Å². The van der Waals surface area contributed by atoms with E-state index in [-0.39, 0.29) is 0 Å². The fourth-order valence-electron chi connectivity index (χ4n) is 1.73. The van der Waals surface area contributed by atoms with Crippen molar-refractivity contribution in [3.05, 3.63) is 35.4 Å². The number of thioether (sulfide) groups is 1. The fraction of sp³-hybridized carbons (Fsp3) is 0.600. The first kappa shape index (κ1) is 15.5. The first-order valence-electron chi connectivity index (χ1n) is 6.56. The monoisotopic (exact) mass is 267 g/mol. The Kier molecular flexibility index (Phi) is 6.76. The quantitative estimate of drug-likeness (QED) is 0.796. The van der Waals surface area contributed by atoms with Crippen LogP contribution >= 0.6 is 11.8 Å². The molecule has 3 heteroatoms. The predicted octanol–water partition coefficient (Wildman–Crippen LogP) is 3.18. The molecule has 2 unspecified atom stereocenters. The molecule has 0 aliphatic rings. The summed E-state index contributed by atoms with van der Waals surface area (Å²) in [5, 5.41) is 14.0. The molecule has 2 atom stereocenters. The van der Waals surface area contributed by atoms with Gasteiger partial charge in [0.05, 0.1) is 6.10 Å². The average molecular weight is 267 g/mol. The lowest BCUT2D eigenvalue weighted by atomic mass is 10.00. The second-order valence-electron chi connectivity index (χ2n) is 5.04. The van der Waals surface area contributed by atoms with Gasteiger partial charge in [-0.3, -0.25) is 0 Å². The van der Waals surface area contributed by atoms with Crippen LogP contribution in [0, 0.1) is 0 Å². The number of hydrogen-bond acceptors (Lipinski definition) is 3. The zero-order valence-corrected chi connectivity index (χ0v) is 12.6. The number of nitrogens with one attached hydrogen (secondary N) is 1. The summed E-state index contributed by atoms with van der Waals surface area (Å²) >= 11 is 1.83. The van der Waals surface area contributed by atoms with E-state index in [0.29, 0.717) is 17.7 Å². The van der Waals surface area contributed by atoms with Crippen LogP contribution < -0.4 is 5.32 Å². The van der Waals surface area contributed by atoms with E-state index in [4.69, 9.17) is 0 Å². The van der Waals surface area contributed by atoms with Crippen LogP contribution in [0.3, 0.4) is 0 Å². The molecule has 0 fully saturated rings. The van der Waals surface area contributed by atoms with Gasteiger partial charge in [-0.05, 0) is 23.3 Å². The molecule has 1 aromatic carbocycles. The molecule has 102 valence electrons. The van der Waals surface area contributed by atoms with Crippen molar-refractivity contribution in [2.24, 2.45) is 0 Å². The average Bonchev–Trinajstić information content (AvgIpc) is 2.38. The van der Waals surface area contributed by atoms with Gasteiger partial charge in [-0.2, -0.15) is 11.8 Å². The fourth-order valence-corrected chi connectivity index (χ4v) is 2.01. The van der Waals surface area contributed by atoms with Gasteiger partial charge in [0.15, 0.2) is 0 Å². The molecule has 0 radical (unpaired) electrons. The largest absolute Gasteiger partial charge is 0.387 e. The van der Waals surface area contributed by atoms with Crippen LogP contribution in [0.5, 0.6) is 0 Å². The summed E-state index contributed by atoms with van der Waals surface area (Å²) < 4.78 is 0. The zero-order valence-electron chi connectivity index (χ0n) is 11.8. The smallest absolute Gasteiger partial charge is 0.0914 e. The van der Waals surface area contributed by atoms with Gasteiger partial charge in [-0.25, -0.2) is 0 Å². The van der Waals surface area contributed by atoms with Gasteiger partial charge in [-0.1, -0.05) is 45.0 Å². The van der Waals surface area contributed by atoms with Crippen LogP contribution in [-0.4, -0.2) is 29.7 Å². The summed E-state index contributed by atoms with van der Waals surface area (Å²) in [6.45, 7) is 8.09. The Morgan fingerprint density at radius 2 is 1.61 bits per heavy atom.